The first-order valence-electron chi connectivity index (χ1n) is 2.68. The Hall–Kier alpha value is -0.460. The van der Waals surface area contributed by atoms with Crippen LogP contribution in [0.15, 0.2) is 6.20 Å². The van der Waals surface area contributed by atoms with Gasteiger partial charge in [-0.1, -0.05) is 13.3 Å². The standard InChI is InChI=1S/C6H12N/c1-3-5-6-7-4-2/h2,4,7H,3,5-6H2,1H3. The van der Waals surface area contributed by atoms with E-state index in [1.807, 2.05) is 0 Å². The molecule has 0 amide bonds. The lowest BCUT2D eigenvalue weighted by Gasteiger charge is -1.93. The van der Waals surface area contributed by atoms with E-state index in [0.717, 1.165) is 6.54 Å². The van der Waals surface area contributed by atoms with Crippen LogP contribution in [-0.2, 0) is 0 Å². The molecule has 1 nitrogen and oxygen atoms in total. The van der Waals surface area contributed by atoms with Crippen molar-refractivity contribution in [2.75, 3.05) is 6.54 Å². The van der Waals surface area contributed by atoms with Gasteiger partial charge in [0.05, 0.1) is 0 Å². The van der Waals surface area contributed by atoms with Crippen molar-refractivity contribution >= 4 is 0 Å². The van der Waals surface area contributed by atoms with Crippen LogP contribution in [0.2, 0.25) is 0 Å². The van der Waals surface area contributed by atoms with Gasteiger partial charge in [0.25, 0.3) is 0 Å². The van der Waals surface area contributed by atoms with E-state index >= 15 is 0 Å². The molecule has 0 spiro atoms. The molecular weight excluding hydrogens is 86.1 g/mol. The Morgan fingerprint density at radius 1 is 1.71 bits per heavy atom. The van der Waals surface area contributed by atoms with Gasteiger partial charge in [0.1, 0.15) is 0 Å². The molecule has 1 radical (unpaired) electrons. The van der Waals surface area contributed by atoms with Gasteiger partial charge in [-0.15, -0.1) is 0 Å². The summed E-state index contributed by atoms with van der Waals surface area (Å²) >= 11 is 0. The summed E-state index contributed by atoms with van der Waals surface area (Å²) in [5.74, 6) is 0. The highest BCUT2D eigenvalue weighted by Gasteiger charge is 1.74. The van der Waals surface area contributed by atoms with Crippen molar-refractivity contribution in [3.63, 3.8) is 0 Å². The maximum absolute atomic E-state index is 5.03. The van der Waals surface area contributed by atoms with Crippen molar-refractivity contribution in [2.24, 2.45) is 0 Å². The van der Waals surface area contributed by atoms with Gasteiger partial charge < -0.3 is 5.32 Å². The predicted molar refractivity (Wildman–Crippen MR) is 31.8 cm³/mol. The molecule has 0 saturated heterocycles. The fourth-order valence-corrected chi connectivity index (χ4v) is 0.362. The van der Waals surface area contributed by atoms with Crippen LogP contribution in [0.4, 0.5) is 0 Å². The van der Waals surface area contributed by atoms with Crippen molar-refractivity contribution < 1.29 is 0 Å². The molecule has 7 heavy (non-hydrogen) atoms. The average molecular weight is 98.2 g/mol. The van der Waals surface area contributed by atoms with Crippen LogP contribution in [0, 0.1) is 6.58 Å². The summed E-state index contributed by atoms with van der Waals surface area (Å²) in [6.45, 7) is 8.19. The van der Waals surface area contributed by atoms with E-state index in [0.29, 0.717) is 0 Å². The summed E-state index contributed by atoms with van der Waals surface area (Å²) in [6, 6.07) is 0. The minimum absolute atomic E-state index is 1.01. The van der Waals surface area contributed by atoms with E-state index < -0.39 is 0 Å². The molecular formula is C6H12N. The first kappa shape index (κ1) is 6.54. The lowest BCUT2D eigenvalue weighted by Crippen LogP contribution is -2.04. The van der Waals surface area contributed by atoms with Crippen LogP contribution >= 0.6 is 0 Å². The zero-order chi connectivity index (χ0) is 5.54. The van der Waals surface area contributed by atoms with Gasteiger partial charge in [0.2, 0.25) is 0 Å². The molecule has 41 valence electrons. The predicted octanol–water partition coefficient (Wildman–Crippen LogP) is 1.32. The zero-order valence-corrected chi connectivity index (χ0v) is 4.78. The fraction of sp³-hybridized carbons (Fsp3) is 0.667. The molecule has 1 heteroatoms. The van der Waals surface area contributed by atoms with E-state index in [1.165, 1.54) is 19.0 Å². The van der Waals surface area contributed by atoms with E-state index in [2.05, 4.69) is 12.2 Å². The molecule has 0 aliphatic heterocycles. The number of rotatable bonds is 4. The second-order valence-electron chi connectivity index (χ2n) is 1.47. The number of hydrogen-bond acceptors (Lipinski definition) is 1. The highest BCUT2D eigenvalue weighted by Crippen LogP contribution is 1.80. The third kappa shape index (κ3) is 5.54. The first-order valence-corrected chi connectivity index (χ1v) is 2.68. The van der Waals surface area contributed by atoms with Crippen LogP contribution in [-0.4, -0.2) is 6.54 Å². The first-order chi connectivity index (χ1) is 3.41. The lowest BCUT2D eigenvalue weighted by atomic mass is 10.3. The number of unbranched alkanes of at least 4 members (excludes halogenated alkanes) is 1. The summed E-state index contributed by atoms with van der Waals surface area (Å²) in [5, 5.41) is 2.90. The molecule has 0 aliphatic rings. The molecule has 0 unspecified atom stereocenters. The molecule has 0 aromatic heterocycles. The van der Waals surface area contributed by atoms with Crippen molar-refractivity contribution in [3.05, 3.63) is 12.8 Å². The number of nitrogens with one attached hydrogen (secondary N) is 1. The molecule has 0 aromatic carbocycles. The number of hydrogen-bond donors (Lipinski definition) is 1. The Morgan fingerprint density at radius 2 is 2.43 bits per heavy atom. The molecule has 0 saturated carbocycles. The van der Waals surface area contributed by atoms with Gasteiger partial charge >= 0.3 is 0 Å². The van der Waals surface area contributed by atoms with E-state index in [4.69, 9.17) is 6.58 Å². The van der Waals surface area contributed by atoms with Gasteiger partial charge in [-0.3, -0.25) is 0 Å². The molecule has 1 N–H and O–H groups in total. The van der Waals surface area contributed by atoms with Gasteiger partial charge in [-0.05, 0) is 19.2 Å². The largest absolute Gasteiger partial charge is 0.391 e. The molecule has 0 bridgehead atoms. The minimum atomic E-state index is 1.01. The highest BCUT2D eigenvalue weighted by atomic mass is 14.8. The highest BCUT2D eigenvalue weighted by molar-refractivity contribution is 4.57. The van der Waals surface area contributed by atoms with Gasteiger partial charge in [-0.25, -0.2) is 0 Å². The zero-order valence-electron chi connectivity index (χ0n) is 4.78. The third-order valence-electron chi connectivity index (χ3n) is 0.793. The van der Waals surface area contributed by atoms with Crippen molar-refractivity contribution in [1.29, 1.82) is 0 Å². The smallest absolute Gasteiger partial charge is 0.0141 e. The third-order valence-corrected chi connectivity index (χ3v) is 0.793. The van der Waals surface area contributed by atoms with Crippen LogP contribution in [0.5, 0.6) is 0 Å². The Kier molecular flexibility index (Phi) is 5.18. The van der Waals surface area contributed by atoms with E-state index in [-0.39, 0.29) is 0 Å². The Morgan fingerprint density at radius 3 is 2.86 bits per heavy atom. The minimum Gasteiger partial charge on any atom is -0.391 e. The van der Waals surface area contributed by atoms with Crippen LogP contribution < -0.4 is 5.32 Å². The second-order valence-corrected chi connectivity index (χ2v) is 1.47. The molecule has 0 atom stereocenters. The van der Waals surface area contributed by atoms with Gasteiger partial charge in [0.15, 0.2) is 0 Å². The topological polar surface area (TPSA) is 12.0 Å². The van der Waals surface area contributed by atoms with Crippen LogP contribution in [0.25, 0.3) is 0 Å². The summed E-state index contributed by atoms with van der Waals surface area (Å²) in [4.78, 5) is 0. The fourth-order valence-electron chi connectivity index (χ4n) is 0.362. The van der Waals surface area contributed by atoms with Gasteiger partial charge in [0, 0.05) is 6.54 Å². The van der Waals surface area contributed by atoms with Crippen LogP contribution in [0.3, 0.4) is 0 Å². The summed E-state index contributed by atoms with van der Waals surface area (Å²) in [6.07, 6.45) is 3.91. The molecule has 0 fully saturated rings. The van der Waals surface area contributed by atoms with E-state index in [9.17, 15) is 0 Å². The Balaban J connectivity index is 2.56. The monoisotopic (exact) mass is 98.1 g/mol. The van der Waals surface area contributed by atoms with Crippen molar-refractivity contribution in [1.82, 2.24) is 5.32 Å². The normalized spacial score (nSPS) is 8.14. The molecule has 0 rings (SSSR count). The van der Waals surface area contributed by atoms with Crippen molar-refractivity contribution in [2.45, 2.75) is 19.8 Å². The summed E-state index contributed by atoms with van der Waals surface area (Å²) in [7, 11) is 0. The Labute approximate surface area is 45.4 Å². The van der Waals surface area contributed by atoms with Crippen LogP contribution in [0.1, 0.15) is 19.8 Å². The van der Waals surface area contributed by atoms with Crippen molar-refractivity contribution in [3.8, 4) is 0 Å². The summed E-state index contributed by atoms with van der Waals surface area (Å²) in [5.41, 5.74) is 0. The Bertz CT molecular complexity index is 41.4. The average Bonchev–Trinajstić information content (AvgIpc) is 1.69. The lowest BCUT2D eigenvalue weighted by molar-refractivity contribution is 0.735. The molecule has 0 aliphatic carbocycles. The molecule has 0 aromatic rings. The SMILES string of the molecule is [CH]=CNCCCC. The quantitative estimate of drug-likeness (QED) is 0.523. The summed E-state index contributed by atoms with van der Waals surface area (Å²) < 4.78 is 0. The maximum Gasteiger partial charge on any atom is 0.0141 e. The van der Waals surface area contributed by atoms with Gasteiger partial charge in [-0.2, -0.15) is 0 Å². The molecule has 0 heterocycles. The maximum atomic E-state index is 5.03. The second kappa shape index (κ2) is 5.54. The van der Waals surface area contributed by atoms with E-state index in [1.54, 1.807) is 0 Å².